The molecule has 2 heteroatoms. The molecule has 2 rings (SSSR count). The van der Waals surface area contributed by atoms with Gasteiger partial charge >= 0.3 is 0 Å². The van der Waals surface area contributed by atoms with Crippen molar-refractivity contribution < 1.29 is 4.57 Å². The van der Waals surface area contributed by atoms with Crippen molar-refractivity contribution in [2.75, 3.05) is 0 Å². The standard InChI is InChI=1S/C10H12NS.CH4/c1-3-11-8(2)12-10-7-5-4-6-9(10)11;/h4-7H,3H2,1-2H3;1H4/q+1;. The molecular weight excluding hydrogens is 178 g/mol. The van der Waals surface area contributed by atoms with Gasteiger partial charge in [-0.3, -0.25) is 0 Å². The zero-order chi connectivity index (χ0) is 8.55. The van der Waals surface area contributed by atoms with Crippen LogP contribution >= 0.6 is 11.3 Å². The lowest BCUT2D eigenvalue weighted by molar-refractivity contribution is -0.669. The van der Waals surface area contributed by atoms with Gasteiger partial charge in [0.15, 0.2) is 0 Å². The van der Waals surface area contributed by atoms with E-state index in [9.17, 15) is 0 Å². The monoisotopic (exact) mass is 194 g/mol. The third-order valence-electron chi connectivity index (χ3n) is 2.11. The predicted octanol–water partition coefficient (Wildman–Crippen LogP) is 3.15. The predicted molar refractivity (Wildman–Crippen MR) is 59.2 cm³/mol. The molecule has 1 aromatic heterocycles. The van der Waals surface area contributed by atoms with Crippen molar-refractivity contribution in [3.8, 4) is 0 Å². The maximum Gasteiger partial charge on any atom is 0.235 e. The second-order valence-electron chi connectivity index (χ2n) is 2.83. The first-order valence-corrected chi connectivity index (χ1v) is 5.02. The molecule has 0 spiro atoms. The van der Waals surface area contributed by atoms with Crippen molar-refractivity contribution in [3.05, 3.63) is 29.3 Å². The Morgan fingerprint density at radius 2 is 2.00 bits per heavy atom. The van der Waals surface area contributed by atoms with Crippen molar-refractivity contribution in [2.45, 2.75) is 27.8 Å². The van der Waals surface area contributed by atoms with Crippen molar-refractivity contribution in [3.63, 3.8) is 0 Å². The molecule has 0 amide bonds. The Morgan fingerprint density at radius 3 is 2.69 bits per heavy atom. The maximum absolute atomic E-state index is 2.35. The Kier molecular flexibility index (Phi) is 3.04. The van der Waals surface area contributed by atoms with Crippen molar-refractivity contribution in [1.82, 2.24) is 0 Å². The van der Waals surface area contributed by atoms with Gasteiger partial charge in [0.1, 0.15) is 11.2 Å². The molecule has 0 fully saturated rings. The molecule has 1 nitrogen and oxygen atoms in total. The summed E-state index contributed by atoms with van der Waals surface area (Å²) >= 11 is 1.87. The Labute approximate surface area is 83.6 Å². The highest BCUT2D eigenvalue weighted by Crippen LogP contribution is 2.18. The van der Waals surface area contributed by atoms with E-state index in [4.69, 9.17) is 0 Å². The lowest BCUT2D eigenvalue weighted by atomic mass is 10.3. The van der Waals surface area contributed by atoms with Crippen LogP contribution in [-0.4, -0.2) is 0 Å². The van der Waals surface area contributed by atoms with Crippen LogP contribution in [0.3, 0.4) is 0 Å². The second-order valence-corrected chi connectivity index (χ2v) is 4.07. The summed E-state index contributed by atoms with van der Waals surface area (Å²) in [4.78, 5) is 0. The molecule has 1 heterocycles. The third kappa shape index (κ3) is 1.59. The maximum atomic E-state index is 2.35. The van der Waals surface area contributed by atoms with E-state index in [1.165, 1.54) is 15.2 Å². The van der Waals surface area contributed by atoms with Gasteiger partial charge in [0.05, 0.1) is 0 Å². The minimum absolute atomic E-state index is 0. The van der Waals surface area contributed by atoms with E-state index < -0.39 is 0 Å². The SMILES string of the molecule is C.CC[n+]1c(C)sc2ccccc21. The molecule has 0 atom stereocenters. The highest BCUT2D eigenvalue weighted by atomic mass is 32.1. The minimum atomic E-state index is 0. The lowest BCUT2D eigenvalue weighted by Crippen LogP contribution is -2.33. The molecule has 1 aromatic carbocycles. The van der Waals surface area contributed by atoms with Gasteiger partial charge in [-0.05, 0) is 13.0 Å². The van der Waals surface area contributed by atoms with Crippen molar-refractivity contribution in [1.29, 1.82) is 0 Å². The number of aromatic nitrogens is 1. The Balaban J connectivity index is 0.000000845. The van der Waals surface area contributed by atoms with Crippen LogP contribution < -0.4 is 4.57 Å². The number of rotatable bonds is 1. The molecule has 70 valence electrons. The fourth-order valence-electron chi connectivity index (χ4n) is 1.54. The number of aryl methyl sites for hydroxylation is 2. The van der Waals surface area contributed by atoms with Crippen LogP contribution in [0.25, 0.3) is 10.2 Å². The number of para-hydroxylation sites is 1. The summed E-state index contributed by atoms with van der Waals surface area (Å²) in [6.45, 7) is 5.43. The Morgan fingerprint density at radius 1 is 1.31 bits per heavy atom. The summed E-state index contributed by atoms with van der Waals surface area (Å²) in [5, 5.41) is 1.39. The van der Waals surface area contributed by atoms with Crippen molar-refractivity contribution in [2.24, 2.45) is 0 Å². The fourth-order valence-corrected chi connectivity index (χ4v) is 2.63. The summed E-state index contributed by atoms with van der Waals surface area (Å²) in [7, 11) is 0. The average Bonchev–Trinajstić information content (AvgIpc) is 2.40. The number of nitrogens with zero attached hydrogens (tertiary/aromatic N) is 1. The number of benzene rings is 1. The number of hydrogen-bond acceptors (Lipinski definition) is 1. The first-order valence-electron chi connectivity index (χ1n) is 4.21. The number of fused-ring (bicyclic) bond motifs is 1. The molecule has 0 bridgehead atoms. The van der Waals surface area contributed by atoms with E-state index in [1.807, 2.05) is 11.3 Å². The van der Waals surface area contributed by atoms with Gasteiger partial charge in [0, 0.05) is 13.0 Å². The number of hydrogen-bond donors (Lipinski definition) is 0. The van der Waals surface area contributed by atoms with Gasteiger partial charge in [-0.1, -0.05) is 30.9 Å². The van der Waals surface area contributed by atoms with Crippen LogP contribution in [0.2, 0.25) is 0 Å². The van der Waals surface area contributed by atoms with Gasteiger partial charge in [-0.15, -0.1) is 0 Å². The van der Waals surface area contributed by atoms with Gasteiger partial charge in [0.25, 0.3) is 0 Å². The summed E-state index contributed by atoms with van der Waals surface area (Å²) in [6, 6.07) is 8.56. The van der Waals surface area contributed by atoms with Gasteiger partial charge in [-0.25, -0.2) is 0 Å². The van der Waals surface area contributed by atoms with Crippen LogP contribution in [0.1, 0.15) is 19.4 Å². The Hall–Kier alpha value is -0.890. The van der Waals surface area contributed by atoms with E-state index in [1.54, 1.807) is 0 Å². The summed E-state index contributed by atoms with van der Waals surface area (Å²) in [5.41, 5.74) is 1.36. The molecule has 0 aliphatic heterocycles. The van der Waals surface area contributed by atoms with E-state index in [0.717, 1.165) is 6.54 Å². The molecule has 0 aliphatic carbocycles. The van der Waals surface area contributed by atoms with Crippen LogP contribution in [-0.2, 0) is 6.54 Å². The minimum Gasteiger partial charge on any atom is -0.186 e. The summed E-state index contributed by atoms with van der Waals surface area (Å²) in [5.74, 6) is 0. The molecule has 0 aliphatic rings. The molecule has 0 N–H and O–H groups in total. The van der Waals surface area contributed by atoms with Crippen molar-refractivity contribution >= 4 is 21.6 Å². The summed E-state index contributed by atoms with van der Waals surface area (Å²) in [6.07, 6.45) is 0. The first-order chi connectivity index (χ1) is 5.83. The Bertz CT molecular complexity index is 403. The van der Waals surface area contributed by atoms with E-state index >= 15 is 0 Å². The van der Waals surface area contributed by atoms with Gasteiger partial charge in [0.2, 0.25) is 10.5 Å². The number of thiazole rings is 1. The van der Waals surface area contributed by atoms with Crippen LogP contribution in [0.4, 0.5) is 0 Å². The molecular formula is C11H16NS+. The zero-order valence-corrected chi connectivity index (χ0v) is 8.19. The van der Waals surface area contributed by atoms with Crippen LogP contribution in [0, 0.1) is 6.92 Å². The molecule has 0 saturated carbocycles. The third-order valence-corrected chi connectivity index (χ3v) is 3.19. The van der Waals surface area contributed by atoms with Crippen LogP contribution in [0.5, 0.6) is 0 Å². The van der Waals surface area contributed by atoms with Crippen LogP contribution in [0.15, 0.2) is 24.3 Å². The lowest BCUT2D eigenvalue weighted by Gasteiger charge is -1.88. The van der Waals surface area contributed by atoms with E-state index in [2.05, 4.69) is 42.7 Å². The second kappa shape index (κ2) is 3.88. The quantitative estimate of drug-likeness (QED) is 0.614. The van der Waals surface area contributed by atoms with Gasteiger partial charge in [-0.2, -0.15) is 4.57 Å². The smallest absolute Gasteiger partial charge is 0.186 e. The van der Waals surface area contributed by atoms with E-state index in [-0.39, 0.29) is 7.43 Å². The zero-order valence-electron chi connectivity index (χ0n) is 7.37. The summed E-state index contributed by atoms with van der Waals surface area (Å²) < 4.78 is 3.73. The highest BCUT2D eigenvalue weighted by molar-refractivity contribution is 7.18. The van der Waals surface area contributed by atoms with Gasteiger partial charge < -0.3 is 0 Å². The topological polar surface area (TPSA) is 3.88 Å². The normalized spacial score (nSPS) is 10.0. The fraction of sp³-hybridized carbons (Fsp3) is 0.364. The molecule has 0 saturated heterocycles. The largest absolute Gasteiger partial charge is 0.235 e. The molecule has 13 heavy (non-hydrogen) atoms. The first kappa shape index (κ1) is 10.2. The molecule has 0 radical (unpaired) electrons. The molecule has 2 aromatic rings. The average molecular weight is 194 g/mol. The highest BCUT2D eigenvalue weighted by Gasteiger charge is 2.13. The van der Waals surface area contributed by atoms with E-state index in [0.29, 0.717) is 0 Å². The molecule has 0 unspecified atom stereocenters.